The molecule has 4 aromatic carbocycles. The number of methoxy groups -OCH3 is 2. The Balaban J connectivity index is 0.000000221. The van der Waals surface area contributed by atoms with Gasteiger partial charge in [-0.3, -0.25) is 30.8 Å². The van der Waals surface area contributed by atoms with Gasteiger partial charge in [-0.05, 0) is 54.4 Å². The summed E-state index contributed by atoms with van der Waals surface area (Å²) in [5.74, 6) is 5.41. The van der Waals surface area contributed by atoms with E-state index in [0.717, 1.165) is 44.4 Å². The number of carbonyl (C=O) groups excluding carboxylic acids is 2. The van der Waals surface area contributed by atoms with E-state index in [1.54, 1.807) is 27.2 Å². The molecule has 12 heteroatoms. The molecule has 0 aliphatic carbocycles. The minimum Gasteiger partial charge on any atom is -0.497 e. The number of rotatable bonds is 9. The molecule has 2 aromatic heterocycles. The Bertz CT molecular complexity index is 2260. The first-order chi connectivity index (χ1) is 26.3. The average molecular weight is 735 g/mol. The molecule has 1 unspecified atom stereocenters. The molecule has 3 heterocycles. The SMILES string of the molecule is CC.CC.CCOC(=O)C(=O)c1c[nH]c2ccccc12.COc1ccc(CC2N=c3c(=O)[nH]c4ccccc4c3=N2)cc1.COc1ccc(CNN)cc1. The Kier molecular flexibility index (Phi) is 17.3. The number of hydrazine groups is 1. The molecule has 0 bridgehead atoms. The van der Waals surface area contributed by atoms with Crippen LogP contribution in [0.25, 0.3) is 21.8 Å². The van der Waals surface area contributed by atoms with Crippen molar-refractivity contribution in [2.24, 2.45) is 15.8 Å². The van der Waals surface area contributed by atoms with Gasteiger partial charge in [0.1, 0.15) is 23.0 Å². The highest BCUT2D eigenvalue weighted by Gasteiger charge is 2.20. The smallest absolute Gasteiger partial charge is 0.379 e. The number of fused-ring (bicyclic) bond motifs is 4. The van der Waals surface area contributed by atoms with Crippen LogP contribution in [0.5, 0.6) is 11.5 Å². The lowest BCUT2D eigenvalue weighted by molar-refractivity contribution is -0.137. The van der Waals surface area contributed by atoms with Crippen LogP contribution in [0.15, 0.2) is 118 Å². The number of carbonyl (C=O) groups is 2. The van der Waals surface area contributed by atoms with Gasteiger partial charge in [-0.25, -0.2) is 4.79 Å². The number of esters is 1. The Morgan fingerprint density at radius 3 is 1.85 bits per heavy atom. The minimum absolute atomic E-state index is 0.181. The number of Topliss-reactive ketones (excluding diaryl/α,β-unsaturated/α-hetero) is 1. The lowest BCUT2D eigenvalue weighted by Crippen LogP contribution is -2.39. The summed E-state index contributed by atoms with van der Waals surface area (Å²) in [5.41, 5.74) is 6.63. The number of aromatic amines is 2. The van der Waals surface area contributed by atoms with E-state index in [4.69, 9.17) is 15.3 Å². The van der Waals surface area contributed by atoms with Gasteiger partial charge >= 0.3 is 5.97 Å². The van der Waals surface area contributed by atoms with E-state index < -0.39 is 11.8 Å². The van der Waals surface area contributed by atoms with Crippen LogP contribution >= 0.6 is 0 Å². The number of ether oxygens (including phenoxy) is 3. The van der Waals surface area contributed by atoms with Gasteiger partial charge in [-0.2, -0.15) is 0 Å². The topological polar surface area (TPSA) is 173 Å². The van der Waals surface area contributed by atoms with Crippen molar-refractivity contribution in [3.05, 3.63) is 141 Å². The predicted octanol–water partition coefficient (Wildman–Crippen LogP) is 5.98. The number of hydrogen-bond donors (Lipinski definition) is 4. The number of ketones is 1. The Hall–Kier alpha value is -6.11. The lowest BCUT2D eigenvalue weighted by Gasteiger charge is -2.05. The largest absolute Gasteiger partial charge is 0.497 e. The predicted molar refractivity (Wildman–Crippen MR) is 213 cm³/mol. The maximum atomic E-state index is 12.2. The minimum atomic E-state index is -0.813. The number of benzene rings is 4. The average Bonchev–Trinajstić information content (AvgIpc) is 3.86. The molecule has 12 nitrogen and oxygen atoms in total. The quantitative estimate of drug-likeness (QED) is 0.0462. The lowest BCUT2D eigenvalue weighted by atomic mass is 10.1. The molecule has 54 heavy (non-hydrogen) atoms. The molecule has 1 aliphatic rings. The van der Waals surface area contributed by atoms with Crippen LogP contribution in [0.4, 0.5) is 0 Å². The highest BCUT2D eigenvalue weighted by molar-refractivity contribution is 6.42. The highest BCUT2D eigenvalue weighted by Crippen LogP contribution is 2.19. The second-order valence-corrected chi connectivity index (χ2v) is 11.0. The van der Waals surface area contributed by atoms with Gasteiger partial charge in [0.05, 0.1) is 31.9 Å². The van der Waals surface area contributed by atoms with Gasteiger partial charge in [-0.15, -0.1) is 0 Å². The molecule has 0 fully saturated rings. The van der Waals surface area contributed by atoms with Crippen LogP contribution in [-0.4, -0.2) is 48.7 Å². The molecule has 284 valence electrons. The van der Waals surface area contributed by atoms with Crippen LogP contribution in [-0.2, 0) is 22.5 Å². The Labute approximate surface area is 315 Å². The Morgan fingerprint density at radius 1 is 0.741 bits per heavy atom. The van der Waals surface area contributed by atoms with Crippen molar-refractivity contribution >= 4 is 33.6 Å². The standard InChI is InChI=1S/C18H15N3O2.C12H11NO3.C8H12N2O.2C2H6/c1-23-12-8-6-11(7-9-12)10-15-20-16-13-4-2-3-5-14(13)19-18(22)17(16)21-15;1-2-16-12(15)11(14)9-7-13-10-6-4-3-5-8(9)10;1-11-8-4-2-7(3-5-8)6-10-9;2*1-2/h2-9,15H,10H2,1H3,(H,19,22);3-7,13H,2H2,1H3;2-5,10H,6,9H2,1H3;2*1-2H3. The third-order valence-electron chi connectivity index (χ3n) is 7.76. The zero-order valence-corrected chi connectivity index (χ0v) is 31.9. The van der Waals surface area contributed by atoms with Crippen LogP contribution < -0.4 is 37.0 Å². The van der Waals surface area contributed by atoms with Crippen LogP contribution in [0, 0.1) is 0 Å². The van der Waals surface area contributed by atoms with Crippen molar-refractivity contribution in [3.8, 4) is 11.5 Å². The zero-order chi connectivity index (χ0) is 39.5. The summed E-state index contributed by atoms with van der Waals surface area (Å²) < 4.78 is 14.8. The fourth-order valence-electron chi connectivity index (χ4n) is 5.28. The third kappa shape index (κ3) is 11.2. The second-order valence-electron chi connectivity index (χ2n) is 11.0. The monoisotopic (exact) mass is 734 g/mol. The van der Waals surface area contributed by atoms with Crippen LogP contribution in [0.1, 0.15) is 56.1 Å². The normalized spacial score (nSPS) is 12.0. The Morgan fingerprint density at radius 2 is 1.28 bits per heavy atom. The van der Waals surface area contributed by atoms with Crippen molar-refractivity contribution in [2.75, 3.05) is 20.8 Å². The summed E-state index contributed by atoms with van der Waals surface area (Å²) in [6.07, 6.45) is 1.93. The fraction of sp³-hybridized carbons (Fsp3) is 0.262. The molecule has 1 atom stereocenters. The van der Waals surface area contributed by atoms with E-state index in [2.05, 4.69) is 30.1 Å². The summed E-state index contributed by atoms with van der Waals surface area (Å²) in [4.78, 5) is 50.2. The van der Waals surface area contributed by atoms with Crippen molar-refractivity contribution in [1.82, 2.24) is 15.4 Å². The number of aromatic nitrogens is 2. The van der Waals surface area contributed by atoms with Crippen molar-refractivity contribution in [3.63, 3.8) is 0 Å². The fourth-order valence-corrected chi connectivity index (χ4v) is 5.28. The maximum absolute atomic E-state index is 12.2. The summed E-state index contributed by atoms with van der Waals surface area (Å²) in [7, 11) is 3.29. The number of para-hydroxylation sites is 2. The molecule has 5 N–H and O–H groups in total. The summed E-state index contributed by atoms with van der Waals surface area (Å²) in [6.45, 7) is 10.6. The maximum Gasteiger partial charge on any atom is 0.379 e. The first-order valence-corrected chi connectivity index (χ1v) is 17.9. The van der Waals surface area contributed by atoms with Crippen LogP contribution in [0.3, 0.4) is 0 Å². The number of pyridine rings is 1. The van der Waals surface area contributed by atoms with E-state index in [1.165, 1.54) is 6.20 Å². The molecule has 6 aromatic rings. The molecule has 0 radical (unpaired) electrons. The van der Waals surface area contributed by atoms with Gasteiger partial charge in [0.25, 0.3) is 11.3 Å². The van der Waals surface area contributed by atoms with Gasteiger partial charge in [0.2, 0.25) is 0 Å². The van der Waals surface area contributed by atoms with Crippen molar-refractivity contribution < 1.29 is 23.8 Å². The van der Waals surface area contributed by atoms with Crippen molar-refractivity contribution in [2.45, 2.75) is 53.8 Å². The number of H-pyrrole nitrogens is 2. The van der Waals surface area contributed by atoms with Crippen molar-refractivity contribution in [1.29, 1.82) is 0 Å². The zero-order valence-electron chi connectivity index (χ0n) is 31.9. The molecule has 7 rings (SSSR count). The molecule has 1 aliphatic heterocycles. The van der Waals surface area contributed by atoms with E-state index >= 15 is 0 Å². The molecule has 0 saturated carbocycles. The number of hydrogen-bond acceptors (Lipinski definition) is 10. The van der Waals surface area contributed by atoms with E-state index in [0.29, 0.717) is 29.2 Å². The summed E-state index contributed by atoms with van der Waals surface area (Å²) in [5, 5.41) is 2.80. The first-order valence-electron chi connectivity index (χ1n) is 17.9. The van der Waals surface area contributed by atoms with Crippen LogP contribution in [0.2, 0.25) is 0 Å². The van der Waals surface area contributed by atoms with Gasteiger partial charge in [-0.1, -0.05) is 88.4 Å². The molecule has 0 spiro atoms. The summed E-state index contributed by atoms with van der Waals surface area (Å²) >= 11 is 0. The van der Waals surface area contributed by atoms with E-state index in [-0.39, 0.29) is 18.3 Å². The molecule has 0 saturated heterocycles. The summed E-state index contributed by atoms with van der Waals surface area (Å²) in [6, 6.07) is 30.6. The molecular formula is C42H50N6O6. The van der Waals surface area contributed by atoms with Gasteiger partial charge in [0.15, 0.2) is 5.36 Å². The van der Waals surface area contributed by atoms with E-state index in [1.807, 2.05) is 119 Å². The van der Waals surface area contributed by atoms with Gasteiger partial charge in [0, 0.05) is 35.5 Å². The first kappa shape index (κ1) is 42.3. The third-order valence-corrected chi connectivity index (χ3v) is 7.76. The molecular weight excluding hydrogens is 684 g/mol. The highest BCUT2D eigenvalue weighted by atomic mass is 16.5. The number of nitrogens with zero attached hydrogens (tertiary/aromatic N) is 2. The number of nitrogens with two attached hydrogens (primary N) is 1. The van der Waals surface area contributed by atoms with Gasteiger partial charge < -0.3 is 24.2 Å². The molecule has 0 amide bonds. The number of nitrogens with one attached hydrogen (secondary N) is 3. The van der Waals surface area contributed by atoms with E-state index in [9.17, 15) is 14.4 Å². The second kappa shape index (κ2) is 22.1.